The normalized spacial score (nSPS) is 11.5. The molecule has 1 amide bonds. The summed E-state index contributed by atoms with van der Waals surface area (Å²) >= 11 is 0. The predicted molar refractivity (Wildman–Crippen MR) is 77.7 cm³/mol. The van der Waals surface area contributed by atoms with E-state index in [0.29, 0.717) is 12.0 Å². The van der Waals surface area contributed by atoms with Crippen molar-refractivity contribution in [2.75, 3.05) is 7.11 Å². The lowest BCUT2D eigenvalue weighted by Gasteiger charge is -2.16. The number of amides is 1. The number of pyridine rings is 1. The number of ether oxygens (including phenoxy) is 1. The maximum absolute atomic E-state index is 12.1. The number of nitrogens with one attached hydrogen (secondary N) is 1. The summed E-state index contributed by atoms with van der Waals surface area (Å²) in [6.45, 7) is 0. The van der Waals surface area contributed by atoms with Crippen molar-refractivity contribution in [1.29, 1.82) is 0 Å². The van der Waals surface area contributed by atoms with Gasteiger partial charge in [0.15, 0.2) is 0 Å². The molecule has 0 radical (unpaired) electrons. The Bertz CT molecular complexity index is 599. The molecular formula is C16H16N2O3. The van der Waals surface area contributed by atoms with Crippen molar-refractivity contribution in [2.45, 2.75) is 12.5 Å². The van der Waals surface area contributed by atoms with Gasteiger partial charge in [-0.2, -0.15) is 0 Å². The minimum atomic E-state index is -0.731. The summed E-state index contributed by atoms with van der Waals surface area (Å²) < 4.78 is 4.75. The fourth-order valence-corrected chi connectivity index (χ4v) is 1.92. The molecule has 21 heavy (non-hydrogen) atoms. The Balaban J connectivity index is 2.10. The van der Waals surface area contributed by atoms with Crippen LogP contribution in [0.1, 0.15) is 15.9 Å². The van der Waals surface area contributed by atoms with Crippen molar-refractivity contribution in [3.05, 3.63) is 66.0 Å². The number of esters is 1. The molecular weight excluding hydrogens is 268 g/mol. The quantitative estimate of drug-likeness (QED) is 0.847. The van der Waals surface area contributed by atoms with Crippen LogP contribution >= 0.6 is 0 Å². The summed E-state index contributed by atoms with van der Waals surface area (Å²) in [6.07, 6.45) is 3.41. The summed E-state index contributed by atoms with van der Waals surface area (Å²) in [5.74, 6) is -0.828. The van der Waals surface area contributed by atoms with Crippen molar-refractivity contribution in [3.63, 3.8) is 0 Å². The Labute approximate surface area is 123 Å². The Morgan fingerprint density at radius 1 is 1.19 bits per heavy atom. The van der Waals surface area contributed by atoms with E-state index in [1.807, 2.05) is 30.3 Å². The number of aromatic nitrogens is 1. The van der Waals surface area contributed by atoms with Crippen LogP contribution < -0.4 is 5.32 Å². The number of nitrogens with zero attached hydrogens (tertiary/aromatic N) is 1. The van der Waals surface area contributed by atoms with E-state index in [1.165, 1.54) is 13.3 Å². The average Bonchev–Trinajstić information content (AvgIpc) is 2.55. The number of benzene rings is 1. The standard InChI is InChI=1S/C16H16N2O3/c1-21-16(20)14(10-12-6-3-2-4-7-12)18-15(19)13-8-5-9-17-11-13/h2-9,11,14H,10H2,1H3,(H,18,19)/t14-/m0/s1. The topological polar surface area (TPSA) is 68.3 Å². The molecule has 1 heterocycles. The predicted octanol–water partition coefficient (Wildman–Crippen LogP) is 1.60. The smallest absolute Gasteiger partial charge is 0.328 e. The van der Waals surface area contributed by atoms with Crippen LogP contribution in [0.25, 0.3) is 0 Å². The van der Waals surface area contributed by atoms with Gasteiger partial charge in [0.1, 0.15) is 6.04 Å². The number of methoxy groups -OCH3 is 1. The molecule has 5 nitrogen and oxygen atoms in total. The van der Waals surface area contributed by atoms with Crippen molar-refractivity contribution in [1.82, 2.24) is 10.3 Å². The third kappa shape index (κ3) is 4.14. The highest BCUT2D eigenvalue weighted by molar-refractivity contribution is 5.96. The minimum absolute atomic E-state index is 0.352. The van der Waals surface area contributed by atoms with E-state index in [2.05, 4.69) is 10.3 Å². The van der Waals surface area contributed by atoms with Gasteiger partial charge in [0.2, 0.25) is 0 Å². The first-order chi connectivity index (χ1) is 10.2. The molecule has 1 aromatic heterocycles. The SMILES string of the molecule is COC(=O)[C@H](Cc1ccccc1)NC(=O)c1cccnc1. The van der Waals surface area contributed by atoms with Crippen molar-refractivity contribution in [3.8, 4) is 0 Å². The van der Waals surface area contributed by atoms with Gasteiger partial charge in [-0.1, -0.05) is 30.3 Å². The first kappa shape index (κ1) is 14.7. The van der Waals surface area contributed by atoms with Crippen LogP contribution in [0.15, 0.2) is 54.9 Å². The zero-order chi connectivity index (χ0) is 15.1. The van der Waals surface area contributed by atoms with Gasteiger partial charge in [-0.15, -0.1) is 0 Å². The molecule has 1 N–H and O–H groups in total. The molecule has 0 saturated heterocycles. The molecule has 0 aliphatic carbocycles. The third-order valence-electron chi connectivity index (χ3n) is 3.00. The van der Waals surface area contributed by atoms with Crippen LogP contribution in [-0.4, -0.2) is 30.0 Å². The summed E-state index contributed by atoms with van der Waals surface area (Å²) in [4.78, 5) is 27.8. The number of hydrogen-bond acceptors (Lipinski definition) is 4. The molecule has 0 unspecified atom stereocenters. The fourth-order valence-electron chi connectivity index (χ4n) is 1.92. The Kier molecular flexibility index (Phi) is 5.04. The molecule has 0 bridgehead atoms. The zero-order valence-corrected chi connectivity index (χ0v) is 11.7. The summed E-state index contributed by atoms with van der Waals surface area (Å²) in [5.41, 5.74) is 1.35. The van der Waals surface area contributed by atoms with Crippen LogP contribution in [0.5, 0.6) is 0 Å². The molecule has 2 rings (SSSR count). The van der Waals surface area contributed by atoms with E-state index >= 15 is 0 Å². The van der Waals surface area contributed by atoms with E-state index < -0.39 is 12.0 Å². The van der Waals surface area contributed by atoms with Gasteiger partial charge in [0, 0.05) is 18.8 Å². The largest absolute Gasteiger partial charge is 0.467 e. The lowest BCUT2D eigenvalue weighted by Crippen LogP contribution is -2.43. The summed E-state index contributed by atoms with van der Waals surface area (Å²) in [7, 11) is 1.30. The molecule has 1 atom stereocenters. The highest BCUT2D eigenvalue weighted by atomic mass is 16.5. The van der Waals surface area contributed by atoms with E-state index in [9.17, 15) is 9.59 Å². The molecule has 1 aromatic carbocycles. The molecule has 2 aromatic rings. The van der Waals surface area contributed by atoms with E-state index in [1.54, 1.807) is 18.3 Å². The van der Waals surface area contributed by atoms with Gasteiger partial charge in [-0.25, -0.2) is 4.79 Å². The zero-order valence-electron chi connectivity index (χ0n) is 11.7. The number of hydrogen-bond donors (Lipinski definition) is 1. The van der Waals surface area contributed by atoms with E-state index in [-0.39, 0.29) is 5.91 Å². The average molecular weight is 284 g/mol. The Hall–Kier alpha value is -2.69. The molecule has 5 heteroatoms. The van der Waals surface area contributed by atoms with E-state index in [0.717, 1.165) is 5.56 Å². The Morgan fingerprint density at radius 2 is 1.95 bits per heavy atom. The van der Waals surface area contributed by atoms with Gasteiger partial charge >= 0.3 is 5.97 Å². The van der Waals surface area contributed by atoms with Crippen LogP contribution in [0.3, 0.4) is 0 Å². The van der Waals surface area contributed by atoms with Crippen LogP contribution in [0, 0.1) is 0 Å². The molecule has 0 aliphatic rings. The second-order valence-corrected chi connectivity index (χ2v) is 4.48. The molecule has 0 spiro atoms. The van der Waals surface area contributed by atoms with Crippen molar-refractivity contribution in [2.24, 2.45) is 0 Å². The summed E-state index contributed by atoms with van der Waals surface area (Å²) in [5, 5.41) is 2.68. The molecule has 0 saturated carbocycles. The van der Waals surface area contributed by atoms with Crippen molar-refractivity contribution >= 4 is 11.9 Å². The van der Waals surface area contributed by atoms with Gasteiger partial charge in [-0.05, 0) is 17.7 Å². The molecule has 0 aliphatic heterocycles. The van der Waals surface area contributed by atoms with Gasteiger partial charge in [0.05, 0.1) is 12.7 Å². The highest BCUT2D eigenvalue weighted by Crippen LogP contribution is 2.06. The lowest BCUT2D eigenvalue weighted by molar-refractivity contribution is -0.142. The van der Waals surface area contributed by atoms with E-state index in [4.69, 9.17) is 4.74 Å². The first-order valence-electron chi connectivity index (χ1n) is 6.53. The second-order valence-electron chi connectivity index (χ2n) is 4.48. The molecule has 0 fully saturated rings. The van der Waals surface area contributed by atoms with Gasteiger partial charge < -0.3 is 10.1 Å². The number of carbonyl (C=O) groups is 2. The van der Waals surface area contributed by atoms with Gasteiger partial charge in [0.25, 0.3) is 5.91 Å². The minimum Gasteiger partial charge on any atom is -0.467 e. The maximum Gasteiger partial charge on any atom is 0.328 e. The third-order valence-corrected chi connectivity index (χ3v) is 3.00. The van der Waals surface area contributed by atoms with Crippen LogP contribution in [-0.2, 0) is 16.0 Å². The Morgan fingerprint density at radius 3 is 2.57 bits per heavy atom. The van der Waals surface area contributed by atoms with Gasteiger partial charge in [-0.3, -0.25) is 9.78 Å². The van der Waals surface area contributed by atoms with Crippen LogP contribution in [0.4, 0.5) is 0 Å². The fraction of sp³-hybridized carbons (Fsp3) is 0.188. The highest BCUT2D eigenvalue weighted by Gasteiger charge is 2.22. The maximum atomic E-state index is 12.1. The summed E-state index contributed by atoms with van der Waals surface area (Å²) in [6, 6.07) is 12.0. The molecule has 108 valence electrons. The first-order valence-corrected chi connectivity index (χ1v) is 6.53. The monoisotopic (exact) mass is 284 g/mol. The number of rotatable bonds is 5. The second kappa shape index (κ2) is 7.19. The van der Waals surface area contributed by atoms with Crippen molar-refractivity contribution < 1.29 is 14.3 Å². The lowest BCUT2D eigenvalue weighted by atomic mass is 10.1. The van der Waals surface area contributed by atoms with Crippen LogP contribution in [0.2, 0.25) is 0 Å². The number of carbonyl (C=O) groups excluding carboxylic acids is 2.